The van der Waals surface area contributed by atoms with E-state index in [0.29, 0.717) is 32.1 Å². The highest BCUT2D eigenvalue weighted by molar-refractivity contribution is 6.30. The molecule has 1 heterocycles. The first-order chi connectivity index (χ1) is 10.9. The lowest BCUT2D eigenvalue weighted by Crippen LogP contribution is -2.49. The van der Waals surface area contributed by atoms with Gasteiger partial charge in [0.05, 0.1) is 6.04 Å². The van der Waals surface area contributed by atoms with Crippen molar-refractivity contribution in [2.75, 3.05) is 19.8 Å². The van der Waals surface area contributed by atoms with Crippen LogP contribution in [0.3, 0.4) is 0 Å². The van der Waals surface area contributed by atoms with Gasteiger partial charge < -0.3 is 15.8 Å². The highest BCUT2D eigenvalue weighted by atomic mass is 35.5. The monoisotopic (exact) mass is 338 g/mol. The minimum absolute atomic E-state index is 0.0772. The molecule has 23 heavy (non-hydrogen) atoms. The van der Waals surface area contributed by atoms with Crippen molar-refractivity contribution in [2.45, 2.75) is 44.6 Å². The summed E-state index contributed by atoms with van der Waals surface area (Å²) >= 11 is 6.16. The van der Waals surface area contributed by atoms with E-state index in [1.165, 1.54) is 0 Å². The molecule has 1 fully saturated rings. The summed E-state index contributed by atoms with van der Waals surface area (Å²) in [6, 6.07) is 7.45. The van der Waals surface area contributed by atoms with Gasteiger partial charge in [0.1, 0.15) is 0 Å². The Kier molecular flexibility index (Phi) is 6.45. The van der Waals surface area contributed by atoms with Gasteiger partial charge in [0.2, 0.25) is 5.91 Å². The summed E-state index contributed by atoms with van der Waals surface area (Å²) in [6.07, 6.45) is 2.43. The van der Waals surface area contributed by atoms with Gasteiger partial charge in [-0.1, -0.05) is 37.6 Å². The summed E-state index contributed by atoms with van der Waals surface area (Å²) in [5.74, 6) is 0.326. The molecule has 4 nitrogen and oxygen atoms in total. The summed E-state index contributed by atoms with van der Waals surface area (Å²) < 4.78 is 5.51. The number of carbonyl (C=O) groups excluding carboxylic acids is 1. The van der Waals surface area contributed by atoms with Crippen molar-refractivity contribution >= 4 is 17.5 Å². The Morgan fingerprint density at radius 3 is 2.70 bits per heavy atom. The van der Waals surface area contributed by atoms with E-state index < -0.39 is 6.04 Å². The second-order valence-electron chi connectivity index (χ2n) is 6.86. The lowest BCUT2D eigenvalue weighted by atomic mass is 9.74. The van der Waals surface area contributed by atoms with Gasteiger partial charge in [0.25, 0.3) is 0 Å². The number of nitrogens with one attached hydrogen (secondary N) is 1. The van der Waals surface area contributed by atoms with Gasteiger partial charge in [-0.15, -0.1) is 0 Å². The molecule has 3 N–H and O–H groups in total. The molecule has 0 unspecified atom stereocenters. The zero-order valence-electron chi connectivity index (χ0n) is 14.0. The lowest BCUT2D eigenvalue weighted by Gasteiger charge is -2.38. The van der Waals surface area contributed by atoms with E-state index in [2.05, 4.69) is 25.2 Å². The first-order valence-corrected chi connectivity index (χ1v) is 8.68. The van der Waals surface area contributed by atoms with Crippen LogP contribution in [0.5, 0.6) is 0 Å². The summed E-state index contributed by atoms with van der Waals surface area (Å²) in [5, 5.41) is 3.77. The third-order valence-corrected chi connectivity index (χ3v) is 4.79. The highest BCUT2D eigenvalue weighted by Crippen LogP contribution is 2.35. The van der Waals surface area contributed by atoms with E-state index in [0.717, 1.165) is 23.4 Å². The normalized spacial score (nSPS) is 18.7. The van der Waals surface area contributed by atoms with Gasteiger partial charge in [-0.2, -0.15) is 0 Å². The van der Waals surface area contributed by atoms with Crippen molar-refractivity contribution in [1.82, 2.24) is 5.32 Å². The predicted molar refractivity (Wildman–Crippen MR) is 93.6 cm³/mol. The Hall–Kier alpha value is -1.10. The number of amides is 1. The van der Waals surface area contributed by atoms with Crippen molar-refractivity contribution in [3.05, 3.63) is 34.9 Å². The number of rotatable bonds is 6. The molecule has 1 saturated heterocycles. The smallest absolute Gasteiger partial charge is 0.236 e. The Morgan fingerprint density at radius 1 is 1.39 bits per heavy atom. The Morgan fingerprint density at radius 2 is 2.09 bits per heavy atom. The quantitative estimate of drug-likeness (QED) is 0.838. The third-order valence-electron chi connectivity index (χ3n) is 4.55. The second-order valence-corrected chi connectivity index (χ2v) is 7.29. The molecule has 1 aromatic rings. The van der Waals surface area contributed by atoms with Gasteiger partial charge in [-0.25, -0.2) is 0 Å². The van der Waals surface area contributed by atoms with Gasteiger partial charge >= 0.3 is 0 Å². The fourth-order valence-corrected chi connectivity index (χ4v) is 3.34. The van der Waals surface area contributed by atoms with Crippen molar-refractivity contribution < 1.29 is 9.53 Å². The van der Waals surface area contributed by atoms with Crippen molar-refractivity contribution in [2.24, 2.45) is 11.7 Å². The topological polar surface area (TPSA) is 64.4 Å². The molecular formula is C18H27ClN2O2. The number of halogens is 1. The van der Waals surface area contributed by atoms with E-state index in [-0.39, 0.29) is 11.3 Å². The Bertz CT molecular complexity index is 528. The first-order valence-electron chi connectivity index (χ1n) is 8.30. The van der Waals surface area contributed by atoms with Crippen LogP contribution in [0.4, 0.5) is 0 Å². The van der Waals surface area contributed by atoms with Crippen LogP contribution in [0.2, 0.25) is 5.02 Å². The molecular weight excluding hydrogens is 312 g/mol. The number of ether oxygens (including phenoxy) is 1. The molecule has 2 rings (SSSR count). The predicted octanol–water partition coefficient (Wildman–Crippen LogP) is 2.88. The summed E-state index contributed by atoms with van der Waals surface area (Å²) in [7, 11) is 0. The van der Waals surface area contributed by atoms with E-state index in [9.17, 15) is 4.79 Å². The first kappa shape index (κ1) is 18.2. The van der Waals surface area contributed by atoms with Gasteiger partial charge in [-0.05, 0) is 42.9 Å². The summed E-state index contributed by atoms with van der Waals surface area (Å²) in [4.78, 5) is 12.3. The second kappa shape index (κ2) is 8.13. The molecule has 5 heteroatoms. The maximum atomic E-state index is 12.3. The number of hydrogen-bond donors (Lipinski definition) is 2. The molecule has 1 amide bonds. The van der Waals surface area contributed by atoms with E-state index in [4.69, 9.17) is 22.1 Å². The molecule has 0 bridgehead atoms. The van der Waals surface area contributed by atoms with E-state index >= 15 is 0 Å². The standard InChI is InChI=1S/C18H27ClN2O2/c1-13(2)10-16(20)17(22)21-12-18(6-8-23-9-7-18)14-4-3-5-15(19)11-14/h3-5,11,13,16H,6-10,12,20H2,1-2H3,(H,21,22)/t16-/m0/s1. The minimum atomic E-state index is -0.453. The SMILES string of the molecule is CC(C)C[C@H](N)C(=O)NCC1(c2cccc(Cl)c2)CCOCC1. The molecule has 0 aromatic heterocycles. The van der Waals surface area contributed by atoms with E-state index in [1.54, 1.807) is 0 Å². The highest BCUT2D eigenvalue weighted by Gasteiger charge is 2.35. The lowest BCUT2D eigenvalue weighted by molar-refractivity contribution is -0.123. The fraction of sp³-hybridized carbons (Fsp3) is 0.611. The van der Waals surface area contributed by atoms with Gasteiger partial charge in [-0.3, -0.25) is 4.79 Å². The minimum Gasteiger partial charge on any atom is -0.381 e. The van der Waals surface area contributed by atoms with Crippen LogP contribution in [0.15, 0.2) is 24.3 Å². The number of benzene rings is 1. The molecule has 0 aliphatic carbocycles. The molecule has 0 radical (unpaired) electrons. The molecule has 1 atom stereocenters. The van der Waals surface area contributed by atoms with Crippen molar-refractivity contribution in [1.29, 1.82) is 0 Å². The Balaban J connectivity index is 2.09. The molecule has 1 aliphatic heterocycles. The number of hydrogen-bond acceptors (Lipinski definition) is 3. The number of nitrogens with two attached hydrogens (primary N) is 1. The maximum absolute atomic E-state index is 12.3. The van der Waals surface area contributed by atoms with Crippen molar-refractivity contribution in [3.8, 4) is 0 Å². The molecule has 0 saturated carbocycles. The molecule has 0 spiro atoms. The average molecular weight is 339 g/mol. The van der Waals surface area contributed by atoms with Crippen LogP contribution in [-0.4, -0.2) is 31.7 Å². The largest absolute Gasteiger partial charge is 0.381 e. The van der Waals surface area contributed by atoms with Crippen LogP contribution in [0.1, 0.15) is 38.7 Å². The molecule has 128 valence electrons. The fourth-order valence-electron chi connectivity index (χ4n) is 3.15. The molecule has 1 aromatic carbocycles. The van der Waals surface area contributed by atoms with Crippen LogP contribution in [0.25, 0.3) is 0 Å². The van der Waals surface area contributed by atoms with Crippen LogP contribution in [-0.2, 0) is 14.9 Å². The van der Waals surface area contributed by atoms with Gasteiger partial charge in [0, 0.05) is 30.2 Å². The number of carbonyl (C=O) groups is 1. The van der Waals surface area contributed by atoms with E-state index in [1.807, 2.05) is 18.2 Å². The summed E-state index contributed by atoms with van der Waals surface area (Å²) in [5.41, 5.74) is 7.01. The summed E-state index contributed by atoms with van der Waals surface area (Å²) in [6.45, 7) is 6.10. The Labute approximate surface area is 143 Å². The van der Waals surface area contributed by atoms with Crippen LogP contribution >= 0.6 is 11.6 Å². The van der Waals surface area contributed by atoms with Gasteiger partial charge in [0.15, 0.2) is 0 Å². The van der Waals surface area contributed by atoms with Crippen LogP contribution < -0.4 is 11.1 Å². The average Bonchev–Trinajstić information content (AvgIpc) is 2.53. The zero-order chi connectivity index (χ0) is 16.9. The zero-order valence-corrected chi connectivity index (χ0v) is 14.7. The van der Waals surface area contributed by atoms with Crippen LogP contribution in [0, 0.1) is 5.92 Å². The maximum Gasteiger partial charge on any atom is 0.236 e. The molecule has 1 aliphatic rings. The van der Waals surface area contributed by atoms with Crippen molar-refractivity contribution in [3.63, 3.8) is 0 Å². The third kappa shape index (κ3) is 4.93.